The van der Waals surface area contributed by atoms with Gasteiger partial charge in [-0.2, -0.15) is 0 Å². The molecule has 1 amide bonds. The Hall–Kier alpha value is -1.84. The Kier molecular flexibility index (Phi) is 7.46. The van der Waals surface area contributed by atoms with Gasteiger partial charge in [0.2, 0.25) is 5.91 Å². The van der Waals surface area contributed by atoms with Crippen molar-refractivity contribution in [3.8, 4) is 0 Å². The molecule has 0 aliphatic rings. The Balaban J connectivity index is 0.00000288. The van der Waals surface area contributed by atoms with Crippen LogP contribution >= 0.6 is 12.4 Å². The first-order chi connectivity index (χ1) is 10.9. The highest BCUT2D eigenvalue weighted by molar-refractivity contribution is 5.85. The van der Waals surface area contributed by atoms with Gasteiger partial charge in [0.05, 0.1) is 0 Å². The maximum Gasteiger partial charge on any atom is 0.221 e. The van der Waals surface area contributed by atoms with E-state index in [1.807, 2.05) is 42.5 Å². The number of hydrogen-bond donors (Lipinski definition) is 2. The Morgan fingerprint density at radius 1 is 1.08 bits per heavy atom. The molecule has 0 aliphatic heterocycles. The fraction of sp³-hybridized carbons (Fsp3) is 0.350. The number of hydrogen-bond acceptors (Lipinski definition) is 2. The largest absolute Gasteiger partial charge is 0.355 e. The summed E-state index contributed by atoms with van der Waals surface area (Å²) in [7, 11) is 0. The zero-order chi connectivity index (χ0) is 16.9. The van der Waals surface area contributed by atoms with Crippen molar-refractivity contribution in [2.75, 3.05) is 6.54 Å². The van der Waals surface area contributed by atoms with Crippen molar-refractivity contribution in [2.24, 2.45) is 5.73 Å². The van der Waals surface area contributed by atoms with Crippen LogP contribution in [-0.4, -0.2) is 12.5 Å². The van der Waals surface area contributed by atoms with Crippen LogP contribution in [0.4, 0.5) is 0 Å². The number of nitrogens with two attached hydrogens (primary N) is 1. The summed E-state index contributed by atoms with van der Waals surface area (Å²) in [6, 6.07) is 17.8. The molecule has 0 aliphatic carbocycles. The molecule has 130 valence electrons. The summed E-state index contributed by atoms with van der Waals surface area (Å²) in [6.45, 7) is 6.99. The molecule has 1 atom stereocenters. The van der Waals surface area contributed by atoms with Crippen molar-refractivity contribution < 1.29 is 4.79 Å². The highest BCUT2D eigenvalue weighted by atomic mass is 35.5. The van der Waals surface area contributed by atoms with Crippen LogP contribution in [0.2, 0.25) is 0 Å². The minimum atomic E-state index is -0.266. The molecule has 0 radical (unpaired) electrons. The lowest BCUT2D eigenvalue weighted by atomic mass is 9.82. The second-order valence-corrected chi connectivity index (χ2v) is 6.70. The molecule has 3 nitrogen and oxygen atoms in total. The highest BCUT2D eigenvalue weighted by Gasteiger charge is 2.23. The standard InChI is InChI=1S/C20H26N2O.ClH/c1-15-9-7-8-12-17(15)20(2,3)14-22-19(23)13-18(21)16-10-5-4-6-11-16;/h4-12,18H,13-14,21H2,1-3H3,(H,22,23);1H. The smallest absolute Gasteiger partial charge is 0.221 e. The average molecular weight is 347 g/mol. The summed E-state index contributed by atoms with van der Waals surface area (Å²) >= 11 is 0. The third-order valence-corrected chi connectivity index (χ3v) is 4.23. The summed E-state index contributed by atoms with van der Waals surface area (Å²) in [6.07, 6.45) is 0.299. The van der Waals surface area contributed by atoms with E-state index >= 15 is 0 Å². The Labute approximate surface area is 151 Å². The van der Waals surface area contributed by atoms with Gasteiger partial charge in [0.1, 0.15) is 0 Å². The number of rotatable bonds is 6. The van der Waals surface area contributed by atoms with Gasteiger partial charge in [-0.3, -0.25) is 4.79 Å². The second-order valence-electron chi connectivity index (χ2n) is 6.70. The van der Waals surface area contributed by atoms with E-state index in [2.05, 4.69) is 38.2 Å². The quantitative estimate of drug-likeness (QED) is 0.833. The minimum absolute atomic E-state index is 0. The fourth-order valence-electron chi connectivity index (χ4n) is 2.84. The first-order valence-corrected chi connectivity index (χ1v) is 8.03. The lowest BCUT2D eigenvalue weighted by molar-refractivity contribution is -0.121. The summed E-state index contributed by atoms with van der Waals surface area (Å²) in [5.74, 6) is -0.0111. The molecule has 0 bridgehead atoms. The predicted molar refractivity (Wildman–Crippen MR) is 102 cm³/mol. The fourth-order valence-corrected chi connectivity index (χ4v) is 2.84. The van der Waals surface area contributed by atoms with Gasteiger partial charge in [-0.25, -0.2) is 0 Å². The Bertz CT molecular complexity index is 656. The van der Waals surface area contributed by atoms with Crippen molar-refractivity contribution >= 4 is 18.3 Å². The predicted octanol–water partition coefficient (Wildman–Crippen LogP) is 3.90. The third kappa shape index (κ3) is 5.36. The number of benzene rings is 2. The molecule has 0 fully saturated rings. The first kappa shape index (κ1) is 20.2. The van der Waals surface area contributed by atoms with Gasteiger partial charge >= 0.3 is 0 Å². The molecule has 24 heavy (non-hydrogen) atoms. The molecule has 0 spiro atoms. The molecule has 4 heteroatoms. The zero-order valence-corrected chi connectivity index (χ0v) is 15.4. The molecule has 3 N–H and O–H groups in total. The van der Waals surface area contributed by atoms with E-state index in [-0.39, 0.29) is 29.8 Å². The van der Waals surface area contributed by atoms with Gasteiger partial charge < -0.3 is 11.1 Å². The van der Waals surface area contributed by atoms with Crippen LogP contribution in [0.25, 0.3) is 0 Å². The van der Waals surface area contributed by atoms with E-state index < -0.39 is 0 Å². The van der Waals surface area contributed by atoms with Gasteiger partial charge in [-0.1, -0.05) is 68.4 Å². The number of nitrogens with one attached hydrogen (secondary N) is 1. The number of amides is 1. The molecule has 0 saturated carbocycles. The van der Waals surface area contributed by atoms with E-state index in [0.29, 0.717) is 13.0 Å². The molecular weight excluding hydrogens is 320 g/mol. The third-order valence-electron chi connectivity index (χ3n) is 4.23. The van der Waals surface area contributed by atoms with Gasteiger partial charge in [0.25, 0.3) is 0 Å². The van der Waals surface area contributed by atoms with Gasteiger partial charge in [-0.05, 0) is 23.6 Å². The van der Waals surface area contributed by atoms with E-state index in [1.54, 1.807) is 0 Å². The summed E-state index contributed by atoms with van der Waals surface area (Å²) in [5, 5.41) is 3.03. The van der Waals surface area contributed by atoms with Crippen LogP contribution in [0.15, 0.2) is 54.6 Å². The topological polar surface area (TPSA) is 55.1 Å². The van der Waals surface area contributed by atoms with Crippen molar-refractivity contribution in [2.45, 2.75) is 38.6 Å². The molecule has 2 aromatic rings. The van der Waals surface area contributed by atoms with Crippen molar-refractivity contribution in [1.82, 2.24) is 5.32 Å². The molecule has 0 saturated heterocycles. The van der Waals surface area contributed by atoms with Crippen molar-refractivity contribution in [1.29, 1.82) is 0 Å². The van der Waals surface area contributed by atoms with Crippen molar-refractivity contribution in [3.63, 3.8) is 0 Å². The maximum atomic E-state index is 12.2. The Morgan fingerprint density at radius 3 is 2.29 bits per heavy atom. The zero-order valence-electron chi connectivity index (χ0n) is 14.6. The lowest BCUT2D eigenvalue weighted by Crippen LogP contribution is -2.38. The molecule has 2 aromatic carbocycles. The summed E-state index contributed by atoms with van der Waals surface area (Å²) in [4.78, 5) is 12.2. The van der Waals surface area contributed by atoms with Gasteiger partial charge in [0.15, 0.2) is 0 Å². The number of carbonyl (C=O) groups is 1. The summed E-state index contributed by atoms with van der Waals surface area (Å²) < 4.78 is 0. The molecular formula is C20H27ClN2O. The normalized spacial score (nSPS) is 12.2. The van der Waals surface area contributed by atoms with E-state index in [4.69, 9.17) is 5.73 Å². The number of aryl methyl sites for hydroxylation is 1. The summed E-state index contributed by atoms with van der Waals surface area (Å²) in [5.41, 5.74) is 9.48. The maximum absolute atomic E-state index is 12.2. The first-order valence-electron chi connectivity index (χ1n) is 8.03. The van der Waals surface area contributed by atoms with Crippen LogP contribution in [0.1, 0.15) is 43.0 Å². The Morgan fingerprint density at radius 2 is 1.67 bits per heavy atom. The van der Waals surface area contributed by atoms with Crippen LogP contribution in [0, 0.1) is 6.92 Å². The highest BCUT2D eigenvalue weighted by Crippen LogP contribution is 2.25. The second kappa shape index (κ2) is 8.86. The SMILES string of the molecule is Cc1ccccc1C(C)(C)CNC(=O)CC(N)c1ccccc1.Cl. The minimum Gasteiger partial charge on any atom is -0.355 e. The lowest BCUT2D eigenvalue weighted by Gasteiger charge is -2.27. The van der Waals surface area contributed by atoms with Crippen LogP contribution < -0.4 is 11.1 Å². The molecule has 2 rings (SSSR count). The number of carbonyl (C=O) groups excluding carboxylic acids is 1. The van der Waals surface area contributed by atoms with Gasteiger partial charge in [-0.15, -0.1) is 12.4 Å². The molecule has 1 unspecified atom stereocenters. The van der Waals surface area contributed by atoms with Crippen LogP contribution in [-0.2, 0) is 10.2 Å². The van der Waals surface area contributed by atoms with Crippen LogP contribution in [0.5, 0.6) is 0 Å². The molecule has 0 heterocycles. The van der Waals surface area contributed by atoms with E-state index in [9.17, 15) is 4.79 Å². The van der Waals surface area contributed by atoms with Gasteiger partial charge in [0, 0.05) is 24.4 Å². The monoisotopic (exact) mass is 346 g/mol. The number of halogens is 1. The van der Waals surface area contributed by atoms with E-state index in [0.717, 1.165) is 5.56 Å². The van der Waals surface area contributed by atoms with Crippen LogP contribution in [0.3, 0.4) is 0 Å². The van der Waals surface area contributed by atoms with E-state index in [1.165, 1.54) is 11.1 Å². The molecule has 0 aromatic heterocycles. The average Bonchev–Trinajstić information content (AvgIpc) is 2.54. The van der Waals surface area contributed by atoms with Crippen molar-refractivity contribution in [3.05, 3.63) is 71.3 Å².